The lowest BCUT2D eigenvalue weighted by Crippen LogP contribution is -2.40. The highest BCUT2D eigenvalue weighted by Crippen LogP contribution is 2.28. The van der Waals surface area contributed by atoms with Crippen molar-refractivity contribution in [2.24, 2.45) is 5.92 Å². The molecule has 224 valence electrons. The number of amides is 2. The van der Waals surface area contributed by atoms with E-state index in [1.54, 1.807) is 32.4 Å². The molecule has 2 N–H and O–H groups in total. The lowest BCUT2D eigenvalue weighted by molar-refractivity contribution is -0.121. The first-order valence-corrected chi connectivity index (χ1v) is 14.4. The Balaban J connectivity index is 1.15. The maximum absolute atomic E-state index is 13.3. The second-order valence-corrected chi connectivity index (χ2v) is 10.7. The van der Waals surface area contributed by atoms with Gasteiger partial charge in [0, 0.05) is 18.7 Å². The predicted molar refractivity (Wildman–Crippen MR) is 163 cm³/mol. The van der Waals surface area contributed by atoms with Crippen LogP contribution in [0.5, 0.6) is 11.5 Å². The highest BCUT2D eigenvalue weighted by Gasteiger charge is 2.28. The van der Waals surface area contributed by atoms with E-state index in [-0.39, 0.29) is 17.7 Å². The van der Waals surface area contributed by atoms with Gasteiger partial charge in [-0.15, -0.1) is 0 Å². The number of hydrogen-bond acceptors (Lipinski definition) is 8. The van der Waals surface area contributed by atoms with E-state index in [9.17, 15) is 9.59 Å². The van der Waals surface area contributed by atoms with Crippen LogP contribution >= 0.6 is 0 Å². The van der Waals surface area contributed by atoms with Crippen molar-refractivity contribution in [1.82, 2.24) is 20.4 Å². The minimum Gasteiger partial charge on any atom is -0.493 e. The van der Waals surface area contributed by atoms with Crippen molar-refractivity contribution in [2.45, 2.75) is 32.7 Å². The smallest absolute Gasteiger partial charge is 0.253 e. The largest absolute Gasteiger partial charge is 0.493 e. The average Bonchev–Trinajstić information content (AvgIpc) is 3.50. The number of para-hydroxylation sites is 1. The van der Waals surface area contributed by atoms with Gasteiger partial charge in [-0.2, -0.15) is 4.98 Å². The van der Waals surface area contributed by atoms with Gasteiger partial charge < -0.3 is 24.6 Å². The van der Waals surface area contributed by atoms with Crippen molar-refractivity contribution in [3.63, 3.8) is 0 Å². The Morgan fingerprint density at radius 1 is 1.02 bits per heavy atom. The number of aromatic nitrogens is 2. The molecule has 2 amide bonds. The van der Waals surface area contributed by atoms with E-state index in [1.165, 1.54) is 5.56 Å². The lowest BCUT2D eigenvalue weighted by Gasteiger charge is -2.31. The highest BCUT2D eigenvalue weighted by molar-refractivity contribution is 6.04. The first-order chi connectivity index (χ1) is 20.9. The van der Waals surface area contributed by atoms with Crippen molar-refractivity contribution in [3.8, 4) is 22.9 Å². The van der Waals surface area contributed by atoms with Crippen molar-refractivity contribution < 1.29 is 23.6 Å². The quantitative estimate of drug-likeness (QED) is 0.256. The standard InChI is InChI=1S/C33H37N5O5/c1-22-10-13-24(14-11-22)31-36-30(43-37-31)21-38-18-6-7-25(20-38)32(39)35-27-9-5-4-8-26(27)33(40)34-17-16-23-12-15-28(41-2)29(19-23)42-3/h4-5,8-15,19,25H,6-7,16-18,20-21H2,1-3H3,(H,34,40)(H,35,39). The van der Waals surface area contributed by atoms with E-state index in [1.807, 2.05) is 55.5 Å². The fourth-order valence-electron chi connectivity index (χ4n) is 5.22. The minimum atomic E-state index is -0.248. The normalized spacial score (nSPS) is 15.1. The van der Waals surface area contributed by atoms with Crippen LogP contribution in [-0.4, -0.2) is 60.7 Å². The second-order valence-electron chi connectivity index (χ2n) is 10.7. The number of nitrogens with one attached hydrogen (secondary N) is 2. The zero-order valence-corrected chi connectivity index (χ0v) is 24.8. The molecule has 1 saturated heterocycles. The molecule has 1 unspecified atom stereocenters. The van der Waals surface area contributed by atoms with E-state index in [0.29, 0.717) is 60.5 Å². The van der Waals surface area contributed by atoms with Crippen LogP contribution in [0.3, 0.4) is 0 Å². The number of rotatable bonds is 11. The molecule has 1 aliphatic rings. The fourth-order valence-corrected chi connectivity index (χ4v) is 5.22. The Labute approximate surface area is 251 Å². The highest BCUT2D eigenvalue weighted by atomic mass is 16.5. The molecule has 1 aliphatic heterocycles. The van der Waals surface area contributed by atoms with Crippen LogP contribution in [0.25, 0.3) is 11.4 Å². The average molecular weight is 584 g/mol. The van der Waals surface area contributed by atoms with Gasteiger partial charge in [0.1, 0.15) is 0 Å². The van der Waals surface area contributed by atoms with Gasteiger partial charge in [0.2, 0.25) is 17.6 Å². The molecule has 43 heavy (non-hydrogen) atoms. The zero-order valence-electron chi connectivity index (χ0n) is 24.8. The summed E-state index contributed by atoms with van der Waals surface area (Å²) in [6.07, 6.45) is 2.25. The molecule has 1 fully saturated rings. The third kappa shape index (κ3) is 7.58. The molecule has 0 bridgehead atoms. The van der Waals surface area contributed by atoms with Crippen molar-refractivity contribution in [1.29, 1.82) is 0 Å². The van der Waals surface area contributed by atoms with Gasteiger partial charge >= 0.3 is 0 Å². The fraction of sp³-hybridized carbons (Fsp3) is 0.333. The van der Waals surface area contributed by atoms with Gasteiger partial charge in [-0.3, -0.25) is 14.5 Å². The second kappa shape index (κ2) is 14.0. The summed E-state index contributed by atoms with van der Waals surface area (Å²) in [7, 11) is 3.19. The van der Waals surface area contributed by atoms with Crippen molar-refractivity contribution in [2.75, 3.05) is 39.2 Å². The number of piperidine rings is 1. The summed E-state index contributed by atoms with van der Waals surface area (Å²) in [5, 5.41) is 10.1. The lowest BCUT2D eigenvalue weighted by atomic mass is 9.96. The number of carbonyl (C=O) groups excluding carboxylic acids is 2. The third-order valence-electron chi connectivity index (χ3n) is 7.59. The summed E-state index contributed by atoms with van der Waals surface area (Å²) in [5.74, 6) is 1.79. The molecule has 1 atom stereocenters. The summed E-state index contributed by atoms with van der Waals surface area (Å²) in [4.78, 5) is 33.1. The summed E-state index contributed by atoms with van der Waals surface area (Å²) >= 11 is 0. The topological polar surface area (TPSA) is 119 Å². The third-order valence-corrected chi connectivity index (χ3v) is 7.59. The molecule has 0 aliphatic carbocycles. The zero-order chi connectivity index (χ0) is 30.2. The van der Waals surface area contributed by atoms with Crippen LogP contribution < -0.4 is 20.1 Å². The molecule has 5 rings (SSSR count). The van der Waals surface area contributed by atoms with Crippen LogP contribution in [0.15, 0.2) is 71.3 Å². The van der Waals surface area contributed by atoms with Gasteiger partial charge in [0.05, 0.1) is 37.9 Å². The summed E-state index contributed by atoms with van der Waals surface area (Å²) in [6, 6.07) is 20.7. The maximum Gasteiger partial charge on any atom is 0.253 e. The molecule has 3 aromatic carbocycles. The van der Waals surface area contributed by atoms with Crippen LogP contribution in [0.1, 0.15) is 40.2 Å². The van der Waals surface area contributed by atoms with E-state index in [0.717, 1.165) is 30.5 Å². The Hall–Kier alpha value is -4.70. The molecule has 4 aromatic rings. The molecule has 2 heterocycles. The summed E-state index contributed by atoms with van der Waals surface area (Å²) in [6.45, 7) is 4.33. The van der Waals surface area contributed by atoms with Gasteiger partial charge in [-0.1, -0.05) is 53.2 Å². The Morgan fingerprint density at radius 2 is 1.81 bits per heavy atom. The Morgan fingerprint density at radius 3 is 2.60 bits per heavy atom. The van der Waals surface area contributed by atoms with Crippen LogP contribution in [0, 0.1) is 12.8 Å². The number of anilines is 1. The molecule has 0 spiro atoms. The minimum absolute atomic E-state index is 0.110. The van der Waals surface area contributed by atoms with Crippen LogP contribution in [0.2, 0.25) is 0 Å². The molecule has 10 nitrogen and oxygen atoms in total. The number of hydrogen-bond donors (Lipinski definition) is 2. The van der Waals surface area contributed by atoms with Gasteiger partial charge in [0.15, 0.2) is 11.5 Å². The molecule has 0 radical (unpaired) electrons. The Bertz CT molecular complexity index is 1550. The maximum atomic E-state index is 13.3. The van der Waals surface area contributed by atoms with Crippen molar-refractivity contribution >= 4 is 17.5 Å². The summed E-state index contributed by atoms with van der Waals surface area (Å²) < 4.78 is 16.2. The number of aryl methyl sites for hydroxylation is 1. The first kappa shape index (κ1) is 29.8. The van der Waals surface area contributed by atoms with Crippen molar-refractivity contribution in [3.05, 3.63) is 89.3 Å². The number of likely N-dealkylation sites (tertiary alicyclic amines) is 1. The number of benzene rings is 3. The number of nitrogens with zero attached hydrogens (tertiary/aromatic N) is 3. The van der Waals surface area contributed by atoms with Crippen LogP contribution in [0.4, 0.5) is 5.69 Å². The van der Waals surface area contributed by atoms with E-state index < -0.39 is 0 Å². The van der Waals surface area contributed by atoms with E-state index in [2.05, 4.69) is 25.7 Å². The molecule has 10 heteroatoms. The number of methoxy groups -OCH3 is 2. The molecular formula is C33H37N5O5. The number of ether oxygens (including phenoxy) is 2. The number of carbonyl (C=O) groups is 2. The van der Waals surface area contributed by atoms with Crippen LogP contribution in [-0.2, 0) is 17.8 Å². The summed E-state index contributed by atoms with van der Waals surface area (Å²) in [5.41, 5.74) is 3.99. The van der Waals surface area contributed by atoms with Gasteiger partial charge in [0.25, 0.3) is 5.91 Å². The van der Waals surface area contributed by atoms with E-state index >= 15 is 0 Å². The van der Waals surface area contributed by atoms with Gasteiger partial charge in [-0.05, 0) is 62.6 Å². The monoisotopic (exact) mass is 583 g/mol. The SMILES string of the molecule is COc1ccc(CCNC(=O)c2ccccc2NC(=O)C2CCCN(Cc3nc(-c4ccc(C)cc4)no3)C2)cc1OC. The first-order valence-electron chi connectivity index (χ1n) is 14.4. The van der Waals surface area contributed by atoms with E-state index in [4.69, 9.17) is 14.0 Å². The van der Waals surface area contributed by atoms with Gasteiger partial charge in [-0.25, -0.2) is 0 Å². The molecular weight excluding hydrogens is 546 g/mol. The molecule has 1 aromatic heterocycles. The molecule has 0 saturated carbocycles. The Kier molecular flexibility index (Phi) is 9.68. The predicted octanol–water partition coefficient (Wildman–Crippen LogP) is 4.89.